The Morgan fingerprint density at radius 3 is 2.55 bits per heavy atom. The van der Waals surface area contributed by atoms with E-state index in [9.17, 15) is 9.59 Å². The van der Waals surface area contributed by atoms with Crippen molar-refractivity contribution in [2.75, 3.05) is 10.6 Å². The second-order valence-electron chi connectivity index (χ2n) is 6.60. The first kappa shape index (κ1) is 20.2. The number of amides is 2. The summed E-state index contributed by atoms with van der Waals surface area (Å²) in [4.78, 5) is 28.7. The summed E-state index contributed by atoms with van der Waals surface area (Å²) in [5, 5.41) is 12.0. The Bertz CT molecular complexity index is 1180. The first-order chi connectivity index (χ1) is 15.2. The molecule has 154 valence electrons. The zero-order valence-electron chi connectivity index (χ0n) is 16.4. The molecule has 2 aromatic carbocycles. The average Bonchev–Trinajstić information content (AvgIpc) is 3.46. The molecule has 0 atom stereocenters. The number of hydrogen-bond donors (Lipinski definition) is 2. The van der Waals surface area contributed by atoms with Gasteiger partial charge in [0.25, 0.3) is 0 Å². The normalized spacial score (nSPS) is 10.8. The van der Waals surface area contributed by atoms with Gasteiger partial charge in [0.15, 0.2) is 5.13 Å². The minimum absolute atomic E-state index is 0.118. The molecule has 2 N–H and O–H groups in total. The Morgan fingerprint density at radius 2 is 1.81 bits per heavy atom. The van der Waals surface area contributed by atoms with Crippen molar-refractivity contribution in [1.82, 2.24) is 14.8 Å². The molecule has 2 aromatic heterocycles. The largest absolute Gasteiger partial charge is 0.326 e. The van der Waals surface area contributed by atoms with Crippen LogP contribution in [-0.4, -0.2) is 26.6 Å². The highest BCUT2D eigenvalue weighted by Crippen LogP contribution is 2.17. The van der Waals surface area contributed by atoms with Gasteiger partial charge >= 0.3 is 0 Å². The molecule has 31 heavy (non-hydrogen) atoms. The summed E-state index contributed by atoms with van der Waals surface area (Å²) in [6, 6.07) is 18.8. The smallest absolute Gasteiger partial charge is 0.250 e. The van der Waals surface area contributed by atoms with E-state index in [0.29, 0.717) is 16.5 Å². The molecule has 0 aliphatic carbocycles. The summed E-state index contributed by atoms with van der Waals surface area (Å²) in [6.45, 7) is 0. The molecule has 4 rings (SSSR count). The Labute approximate surface area is 183 Å². The van der Waals surface area contributed by atoms with E-state index < -0.39 is 0 Å². The van der Waals surface area contributed by atoms with Gasteiger partial charge in [-0.25, -0.2) is 9.67 Å². The second kappa shape index (κ2) is 9.64. The molecule has 0 bridgehead atoms. The Kier molecular flexibility index (Phi) is 6.29. The third-order valence-corrected chi connectivity index (χ3v) is 5.08. The van der Waals surface area contributed by atoms with E-state index in [0.717, 1.165) is 11.3 Å². The van der Waals surface area contributed by atoms with Crippen LogP contribution >= 0.6 is 11.3 Å². The van der Waals surface area contributed by atoms with Crippen LogP contribution in [0.2, 0.25) is 0 Å². The van der Waals surface area contributed by atoms with Crippen molar-refractivity contribution >= 4 is 40.0 Å². The predicted octanol–water partition coefficient (Wildman–Crippen LogP) is 4.16. The van der Waals surface area contributed by atoms with Crippen molar-refractivity contribution in [3.8, 4) is 5.69 Å². The van der Waals surface area contributed by atoms with Gasteiger partial charge in [0.2, 0.25) is 11.8 Å². The van der Waals surface area contributed by atoms with Gasteiger partial charge in [0.05, 0.1) is 17.8 Å². The highest BCUT2D eigenvalue weighted by molar-refractivity contribution is 7.14. The van der Waals surface area contributed by atoms with Crippen LogP contribution in [0.1, 0.15) is 11.3 Å². The Morgan fingerprint density at radius 1 is 1.00 bits per heavy atom. The minimum Gasteiger partial charge on any atom is -0.326 e. The number of anilines is 2. The van der Waals surface area contributed by atoms with Crippen LogP contribution in [-0.2, 0) is 16.0 Å². The van der Waals surface area contributed by atoms with Crippen LogP contribution in [0.5, 0.6) is 0 Å². The van der Waals surface area contributed by atoms with Crippen LogP contribution in [0.25, 0.3) is 11.8 Å². The van der Waals surface area contributed by atoms with E-state index in [1.807, 2.05) is 66.9 Å². The summed E-state index contributed by atoms with van der Waals surface area (Å²) >= 11 is 1.28. The van der Waals surface area contributed by atoms with E-state index in [4.69, 9.17) is 0 Å². The summed E-state index contributed by atoms with van der Waals surface area (Å²) in [7, 11) is 0. The van der Waals surface area contributed by atoms with Gasteiger partial charge < -0.3 is 5.32 Å². The number of carbonyl (C=O) groups excluding carboxylic acids is 2. The standard InChI is InChI=1S/C23H19N5O2S/c29-21(12-7-17-5-2-1-3-6-17)27-23-26-19(16-31-23)15-22(30)25-18-8-10-20(11-9-18)28-14-4-13-24-28/h1-14,16H,15H2,(H,25,30)(H,26,27,29). The maximum absolute atomic E-state index is 12.3. The van der Waals surface area contributed by atoms with Crippen LogP contribution in [0.4, 0.5) is 10.8 Å². The molecule has 0 saturated carbocycles. The van der Waals surface area contributed by atoms with Crippen molar-refractivity contribution in [3.63, 3.8) is 0 Å². The van der Waals surface area contributed by atoms with Crippen LogP contribution in [0.15, 0.2) is 84.5 Å². The first-order valence-electron chi connectivity index (χ1n) is 9.54. The second-order valence-corrected chi connectivity index (χ2v) is 7.46. The number of aromatic nitrogens is 3. The zero-order valence-corrected chi connectivity index (χ0v) is 17.3. The van der Waals surface area contributed by atoms with E-state index in [1.165, 1.54) is 17.4 Å². The van der Waals surface area contributed by atoms with Crippen LogP contribution < -0.4 is 10.6 Å². The Hall–Kier alpha value is -4.04. The van der Waals surface area contributed by atoms with Crippen LogP contribution in [0, 0.1) is 0 Å². The molecule has 0 radical (unpaired) electrons. The monoisotopic (exact) mass is 429 g/mol. The van der Waals surface area contributed by atoms with Gasteiger partial charge in [0, 0.05) is 29.5 Å². The first-order valence-corrected chi connectivity index (χ1v) is 10.4. The molecule has 0 unspecified atom stereocenters. The maximum atomic E-state index is 12.3. The number of hydrogen-bond acceptors (Lipinski definition) is 5. The van der Waals surface area contributed by atoms with Gasteiger partial charge in [-0.05, 0) is 42.0 Å². The van der Waals surface area contributed by atoms with Crippen molar-refractivity contribution in [3.05, 3.63) is 95.8 Å². The molecule has 0 fully saturated rings. The van der Waals surface area contributed by atoms with E-state index in [2.05, 4.69) is 20.7 Å². The number of nitrogens with zero attached hydrogens (tertiary/aromatic N) is 3. The zero-order chi connectivity index (χ0) is 21.5. The van der Waals surface area contributed by atoms with Crippen molar-refractivity contribution in [2.24, 2.45) is 0 Å². The summed E-state index contributed by atoms with van der Waals surface area (Å²) in [5.41, 5.74) is 3.13. The lowest BCUT2D eigenvalue weighted by molar-refractivity contribution is -0.115. The SMILES string of the molecule is O=C(C=Cc1ccccc1)Nc1nc(CC(=O)Nc2ccc(-n3cccn3)cc2)cs1. The highest BCUT2D eigenvalue weighted by atomic mass is 32.1. The van der Waals surface area contributed by atoms with Crippen molar-refractivity contribution in [2.45, 2.75) is 6.42 Å². The van der Waals surface area contributed by atoms with Gasteiger partial charge in [-0.1, -0.05) is 30.3 Å². The molecular formula is C23H19N5O2S. The van der Waals surface area contributed by atoms with Crippen molar-refractivity contribution in [1.29, 1.82) is 0 Å². The van der Waals surface area contributed by atoms with Gasteiger partial charge in [-0.3, -0.25) is 14.9 Å². The molecule has 2 heterocycles. The fraction of sp³-hybridized carbons (Fsp3) is 0.0435. The summed E-state index contributed by atoms with van der Waals surface area (Å²) in [5.74, 6) is -0.453. The fourth-order valence-electron chi connectivity index (χ4n) is 2.82. The van der Waals surface area contributed by atoms with Crippen molar-refractivity contribution < 1.29 is 9.59 Å². The van der Waals surface area contributed by atoms with E-state index in [1.54, 1.807) is 22.3 Å². The lowest BCUT2D eigenvalue weighted by Gasteiger charge is -2.06. The maximum Gasteiger partial charge on any atom is 0.250 e. The predicted molar refractivity (Wildman–Crippen MR) is 122 cm³/mol. The number of thiazole rings is 1. The lowest BCUT2D eigenvalue weighted by Crippen LogP contribution is -2.15. The molecule has 0 saturated heterocycles. The minimum atomic E-state index is -0.272. The van der Waals surface area contributed by atoms with Gasteiger partial charge in [0.1, 0.15) is 0 Å². The summed E-state index contributed by atoms with van der Waals surface area (Å²) < 4.78 is 1.74. The van der Waals surface area contributed by atoms with Gasteiger partial charge in [-0.2, -0.15) is 5.10 Å². The molecule has 0 aliphatic rings. The van der Waals surface area contributed by atoms with E-state index >= 15 is 0 Å². The molecule has 7 nitrogen and oxygen atoms in total. The molecular weight excluding hydrogens is 410 g/mol. The number of benzene rings is 2. The van der Waals surface area contributed by atoms with Gasteiger partial charge in [-0.15, -0.1) is 11.3 Å². The number of rotatable bonds is 7. The third kappa shape index (κ3) is 5.74. The van der Waals surface area contributed by atoms with Crippen LogP contribution in [0.3, 0.4) is 0 Å². The highest BCUT2D eigenvalue weighted by Gasteiger charge is 2.10. The number of nitrogens with one attached hydrogen (secondary N) is 2. The molecule has 8 heteroatoms. The topological polar surface area (TPSA) is 88.9 Å². The molecule has 4 aromatic rings. The molecule has 0 spiro atoms. The third-order valence-electron chi connectivity index (χ3n) is 4.27. The lowest BCUT2D eigenvalue weighted by atomic mass is 10.2. The average molecular weight is 430 g/mol. The summed E-state index contributed by atoms with van der Waals surface area (Å²) in [6.07, 6.45) is 6.86. The van der Waals surface area contributed by atoms with E-state index in [-0.39, 0.29) is 18.2 Å². The number of carbonyl (C=O) groups is 2. The Balaban J connectivity index is 1.28. The quantitative estimate of drug-likeness (QED) is 0.432. The molecule has 2 amide bonds. The molecule has 0 aliphatic heterocycles. The fourth-order valence-corrected chi connectivity index (χ4v) is 3.53.